The van der Waals surface area contributed by atoms with Gasteiger partial charge in [-0.2, -0.15) is 13.2 Å². The minimum Gasteiger partial charge on any atom is -0.337 e. The number of alkyl halides is 3. The third-order valence-corrected chi connectivity index (χ3v) is 5.31. The van der Waals surface area contributed by atoms with Crippen molar-refractivity contribution in [2.75, 3.05) is 31.5 Å². The highest BCUT2D eigenvalue weighted by Crippen LogP contribution is 2.36. The predicted octanol–water partition coefficient (Wildman–Crippen LogP) is 4.85. The van der Waals surface area contributed by atoms with Gasteiger partial charge in [0.2, 0.25) is 0 Å². The van der Waals surface area contributed by atoms with Crippen LogP contribution in [0.2, 0.25) is 0 Å². The molecule has 0 saturated carbocycles. The molecule has 2 aromatic carbocycles. The minimum atomic E-state index is -4.53. The van der Waals surface area contributed by atoms with Gasteiger partial charge >= 0.3 is 12.2 Å². The number of carbonyl (C=O) groups is 2. The summed E-state index contributed by atoms with van der Waals surface area (Å²) in [5.74, 6) is -0.101. The van der Waals surface area contributed by atoms with E-state index in [0.29, 0.717) is 38.2 Å². The summed E-state index contributed by atoms with van der Waals surface area (Å²) in [6, 6.07) is 11.9. The van der Waals surface area contributed by atoms with Crippen molar-refractivity contribution in [3.05, 3.63) is 64.1 Å². The molecular formula is C20H19BrF3N3O2. The summed E-state index contributed by atoms with van der Waals surface area (Å²) >= 11 is 2.88. The van der Waals surface area contributed by atoms with Gasteiger partial charge in [-0.1, -0.05) is 34.1 Å². The van der Waals surface area contributed by atoms with Crippen molar-refractivity contribution < 1.29 is 22.8 Å². The molecule has 0 radical (unpaired) electrons. The normalized spacial score (nSPS) is 15.0. The summed E-state index contributed by atoms with van der Waals surface area (Å²) in [7, 11) is 0. The highest BCUT2D eigenvalue weighted by atomic mass is 79.9. The molecule has 2 aromatic rings. The second-order valence-electron chi connectivity index (χ2n) is 6.62. The summed E-state index contributed by atoms with van der Waals surface area (Å²) in [5.41, 5.74) is -0.210. The standard InChI is InChI=1S/C20H19BrF3N3O2/c21-17-8-7-15(13-16(17)20(22,23)24)25-19(29)27-10-4-9-26(11-12-27)18(28)14-5-2-1-3-6-14/h1-3,5-8,13H,4,9-12H2,(H,25,29). The fourth-order valence-corrected chi connectivity index (χ4v) is 3.58. The maximum atomic E-state index is 13.0. The van der Waals surface area contributed by atoms with Gasteiger partial charge < -0.3 is 15.1 Å². The van der Waals surface area contributed by atoms with E-state index in [0.717, 1.165) is 6.07 Å². The van der Waals surface area contributed by atoms with Crippen LogP contribution in [0.3, 0.4) is 0 Å². The third-order valence-electron chi connectivity index (χ3n) is 4.61. The number of nitrogens with zero attached hydrogens (tertiary/aromatic N) is 2. The van der Waals surface area contributed by atoms with Crippen LogP contribution in [0.25, 0.3) is 0 Å². The molecule has 9 heteroatoms. The Morgan fingerprint density at radius 1 is 0.931 bits per heavy atom. The number of hydrogen-bond donors (Lipinski definition) is 1. The largest absolute Gasteiger partial charge is 0.417 e. The van der Waals surface area contributed by atoms with Crippen LogP contribution >= 0.6 is 15.9 Å². The lowest BCUT2D eigenvalue weighted by Crippen LogP contribution is -2.39. The van der Waals surface area contributed by atoms with Crippen molar-refractivity contribution >= 4 is 33.6 Å². The van der Waals surface area contributed by atoms with Crippen molar-refractivity contribution in [1.29, 1.82) is 0 Å². The number of anilines is 1. The van der Waals surface area contributed by atoms with E-state index in [1.54, 1.807) is 29.2 Å². The lowest BCUT2D eigenvalue weighted by molar-refractivity contribution is -0.138. The van der Waals surface area contributed by atoms with E-state index in [1.165, 1.54) is 17.0 Å². The third kappa shape index (κ3) is 5.29. The van der Waals surface area contributed by atoms with Crippen LogP contribution in [-0.2, 0) is 6.18 Å². The second kappa shape index (κ2) is 8.86. The molecule has 1 heterocycles. The van der Waals surface area contributed by atoms with Crippen molar-refractivity contribution in [2.45, 2.75) is 12.6 Å². The van der Waals surface area contributed by atoms with E-state index >= 15 is 0 Å². The Bertz CT molecular complexity index is 890. The Kier molecular flexibility index (Phi) is 6.46. The Morgan fingerprint density at radius 2 is 1.59 bits per heavy atom. The first-order chi connectivity index (χ1) is 13.8. The lowest BCUT2D eigenvalue weighted by Gasteiger charge is -2.23. The monoisotopic (exact) mass is 469 g/mol. The molecule has 3 rings (SSSR count). The second-order valence-corrected chi connectivity index (χ2v) is 7.48. The van der Waals surface area contributed by atoms with Crippen LogP contribution in [0.15, 0.2) is 53.0 Å². The number of urea groups is 1. The average molecular weight is 470 g/mol. The molecule has 1 fully saturated rings. The number of halogens is 4. The first-order valence-corrected chi connectivity index (χ1v) is 9.82. The summed E-state index contributed by atoms with van der Waals surface area (Å²) in [6.45, 7) is 1.57. The van der Waals surface area contributed by atoms with Crippen LogP contribution in [0.5, 0.6) is 0 Å². The van der Waals surface area contributed by atoms with Gasteiger partial charge in [-0.25, -0.2) is 4.79 Å². The molecule has 29 heavy (non-hydrogen) atoms. The molecular weight excluding hydrogens is 451 g/mol. The molecule has 0 aliphatic carbocycles. The molecule has 1 saturated heterocycles. The Morgan fingerprint density at radius 3 is 2.28 bits per heavy atom. The van der Waals surface area contributed by atoms with Crippen LogP contribution in [-0.4, -0.2) is 47.9 Å². The Labute approximate surface area is 174 Å². The molecule has 154 valence electrons. The van der Waals surface area contributed by atoms with Crippen molar-refractivity contribution in [3.8, 4) is 0 Å². The topological polar surface area (TPSA) is 52.7 Å². The minimum absolute atomic E-state index is 0.0620. The number of benzene rings is 2. The molecule has 5 nitrogen and oxygen atoms in total. The smallest absolute Gasteiger partial charge is 0.337 e. The summed E-state index contributed by atoms with van der Waals surface area (Å²) < 4.78 is 39.0. The number of rotatable bonds is 2. The fourth-order valence-electron chi connectivity index (χ4n) is 3.11. The van der Waals surface area contributed by atoms with E-state index in [9.17, 15) is 22.8 Å². The summed E-state index contributed by atoms with van der Waals surface area (Å²) in [6.07, 6.45) is -3.94. The highest BCUT2D eigenvalue weighted by molar-refractivity contribution is 9.10. The first kappa shape index (κ1) is 21.2. The van der Waals surface area contributed by atoms with E-state index in [4.69, 9.17) is 0 Å². The maximum Gasteiger partial charge on any atom is 0.417 e. The molecule has 0 spiro atoms. The van der Waals surface area contributed by atoms with Gasteiger partial charge in [-0.05, 0) is 36.8 Å². The zero-order valence-electron chi connectivity index (χ0n) is 15.4. The van der Waals surface area contributed by atoms with E-state index in [-0.39, 0.29) is 16.1 Å². The van der Waals surface area contributed by atoms with Crippen molar-refractivity contribution in [2.24, 2.45) is 0 Å². The van der Waals surface area contributed by atoms with Crippen molar-refractivity contribution in [1.82, 2.24) is 9.80 Å². The number of amides is 3. The number of nitrogens with one attached hydrogen (secondary N) is 1. The zero-order valence-corrected chi connectivity index (χ0v) is 17.0. The van der Waals surface area contributed by atoms with Gasteiger partial charge in [-0.15, -0.1) is 0 Å². The Balaban J connectivity index is 1.63. The molecule has 1 aliphatic heterocycles. The van der Waals surface area contributed by atoms with Crippen LogP contribution in [0, 0.1) is 0 Å². The molecule has 1 N–H and O–H groups in total. The van der Waals surface area contributed by atoms with E-state index in [2.05, 4.69) is 21.2 Å². The van der Waals surface area contributed by atoms with Gasteiger partial charge in [-0.3, -0.25) is 4.79 Å². The fraction of sp³-hybridized carbons (Fsp3) is 0.300. The number of hydrogen-bond acceptors (Lipinski definition) is 2. The zero-order chi connectivity index (χ0) is 21.0. The molecule has 0 bridgehead atoms. The van der Waals surface area contributed by atoms with Gasteiger partial charge in [0.05, 0.1) is 5.56 Å². The van der Waals surface area contributed by atoms with E-state index in [1.807, 2.05) is 6.07 Å². The lowest BCUT2D eigenvalue weighted by atomic mass is 10.2. The number of carbonyl (C=O) groups excluding carboxylic acids is 2. The molecule has 0 atom stereocenters. The Hall–Kier alpha value is -2.55. The molecule has 0 aromatic heterocycles. The highest BCUT2D eigenvalue weighted by Gasteiger charge is 2.33. The molecule has 3 amide bonds. The predicted molar refractivity (Wildman–Crippen MR) is 107 cm³/mol. The van der Waals surface area contributed by atoms with Gasteiger partial charge in [0.25, 0.3) is 5.91 Å². The van der Waals surface area contributed by atoms with Crippen LogP contribution in [0.4, 0.5) is 23.7 Å². The molecule has 1 aliphatic rings. The first-order valence-electron chi connectivity index (χ1n) is 9.03. The van der Waals surface area contributed by atoms with Gasteiger partial charge in [0.1, 0.15) is 0 Å². The average Bonchev–Trinajstić information content (AvgIpc) is 2.95. The van der Waals surface area contributed by atoms with E-state index < -0.39 is 17.8 Å². The maximum absolute atomic E-state index is 13.0. The van der Waals surface area contributed by atoms with Gasteiger partial charge in [0, 0.05) is 41.9 Å². The molecule has 0 unspecified atom stereocenters. The van der Waals surface area contributed by atoms with Gasteiger partial charge in [0.15, 0.2) is 0 Å². The van der Waals surface area contributed by atoms with Crippen LogP contribution < -0.4 is 5.32 Å². The van der Waals surface area contributed by atoms with Crippen molar-refractivity contribution in [3.63, 3.8) is 0 Å². The summed E-state index contributed by atoms with van der Waals surface area (Å²) in [5, 5.41) is 2.52. The summed E-state index contributed by atoms with van der Waals surface area (Å²) in [4.78, 5) is 28.3. The SMILES string of the molecule is O=C(Nc1ccc(Br)c(C(F)(F)F)c1)N1CCCN(C(=O)c2ccccc2)CC1. The van der Waals surface area contributed by atoms with Crippen LogP contribution in [0.1, 0.15) is 22.3 Å². The quantitative estimate of drug-likeness (QED) is 0.683.